The summed E-state index contributed by atoms with van der Waals surface area (Å²) in [7, 11) is 0. The van der Waals surface area contributed by atoms with Crippen LogP contribution in [0.2, 0.25) is 0 Å². The van der Waals surface area contributed by atoms with Crippen molar-refractivity contribution >= 4 is 17.4 Å². The number of hydrogen-bond acceptors (Lipinski definition) is 3. The third-order valence-electron chi connectivity index (χ3n) is 3.15. The second-order valence-electron chi connectivity index (χ2n) is 4.94. The van der Waals surface area contributed by atoms with Crippen LogP contribution < -0.4 is 10.1 Å². The molecule has 2 aromatic carbocycles. The molecule has 1 amide bonds. The van der Waals surface area contributed by atoms with Crippen molar-refractivity contribution in [3.05, 3.63) is 59.7 Å². The highest BCUT2D eigenvalue weighted by molar-refractivity contribution is 5.97. The van der Waals surface area contributed by atoms with Crippen LogP contribution >= 0.6 is 0 Å². The van der Waals surface area contributed by atoms with Gasteiger partial charge in [0.05, 0.1) is 13.0 Å². The number of anilines is 1. The molecule has 2 rings (SSSR count). The van der Waals surface area contributed by atoms with Crippen molar-refractivity contribution in [2.75, 3.05) is 11.9 Å². The Labute approximate surface area is 130 Å². The largest absolute Gasteiger partial charge is 0.494 e. The molecule has 2 aromatic rings. The van der Waals surface area contributed by atoms with Crippen LogP contribution in [0.5, 0.6) is 5.75 Å². The first-order valence-corrected chi connectivity index (χ1v) is 7.21. The zero-order valence-corrected chi connectivity index (χ0v) is 12.8. The minimum atomic E-state index is -0.120. The number of carbonyl (C=O) groups excluding carboxylic acids is 2. The lowest BCUT2D eigenvalue weighted by atomic mass is 10.1. The lowest BCUT2D eigenvalue weighted by Crippen LogP contribution is -2.14. The van der Waals surface area contributed by atoms with Crippen molar-refractivity contribution in [1.82, 2.24) is 0 Å². The van der Waals surface area contributed by atoms with Gasteiger partial charge in [-0.05, 0) is 43.7 Å². The number of rotatable bonds is 6. The van der Waals surface area contributed by atoms with Crippen LogP contribution in [-0.2, 0) is 11.2 Å². The number of carbonyl (C=O) groups is 2. The zero-order valence-electron chi connectivity index (χ0n) is 12.8. The van der Waals surface area contributed by atoms with E-state index in [2.05, 4.69) is 5.32 Å². The van der Waals surface area contributed by atoms with Crippen molar-refractivity contribution < 1.29 is 14.3 Å². The SMILES string of the molecule is CCOc1ccc(CC(=O)Nc2cccc(C(C)=O)c2)cc1. The quantitative estimate of drug-likeness (QED) is 0.831. The fourth-order valence-electron chi connectivity index (χ4n) is 2.08. The van der Waals surface area contributed by atoms with Gasteiger partial charge < -0.3 is 10.1 Å². The Bertz CT molecular complexity index is 662. The Morgan fingerprint density at radius 3 is 2.45 bits per heavy atom. The Hall–Kier alpha value is -2.62. The second-order valence-corrected chi connectivity index (χ2v) is 4.94. The van der Waals surface area contributed by atoms with Crippen molar-refractivity contribution in [1.29, 1.82) is 0 Å². The summed E-state index contributed by atoms with van der Waals surface area (Å²) in [5.74, 6) is 0.647. The summed E-state index contributed by atoms with van der Waals surface area (Å²) >= 11 is 0. The van der Waals surface area contributed by atoms with Crippen LogP contribution in [0.25, 0.3) is 0 Å². The van der Waals surface area contributed by atoms with E-state index in [9.17, 15) is 9.59 Å². The molecule has 0 unspecified atom stereocenters. The monoisotopic (exact) mass is 297 g/mol. The average molecular weight is 297 g/mol. The van der Waals surface area contributed by atoms with E-state index in [1.165, 1.54) is 6.92 Å². The molecule has 0 radical (unpaired) electrons. The molecule has 4 heteroatoms. The van der Waals surface area contributed by atoms with Crippen LogP contribution in [0.1, 0.15) is 29.8 Å². The van der Waals surface area contributed by atoms with Crippen LogP contribution in [0, 0.1) is 0 Å². The predicted molar refractivity (Wildman–Crippen MR) is 86.4 cm³/mol. The van der Waals surface area contributed by atoms with Gasteiger partial charge in [0.1, 0.15) is 5.75 Å². The van der Waals surface area contributed by atoms with E-state index in [-0.39, 0.29) is 18.1 Å². The van der Waals surface area contributed by atoms with E-state index >= 15 is 0 Å². The molecule has 0 aromatic heterocycles. The molecule has 22 heavy (non-hydrogen) atoms. The van der Waals surface area contributed by atoms with Crippen molar-refractivity contribution in [2.24, 2.45) is 0 Å². The highest BCUT2D eigenvalue weighted by atomic mass is 16.5. The lowest BCUT2D eigenvalue weighted by Gasteiger charge is -2.07. The van der Waals surface area contributed by atoms with Gasteiger partial charge in [-0.1, -0.05) is 24.3 Å². The third-order valence-corrected chi connectivity index (χ3v) is 3.15. The summed E-state index contributed by atoms with van der Waals surface area (Å²) in [6.45, 7) is 4.05. The zero-order chi connectivity index (χ0) is 15.9. The van der Waals surface area contributed by atoms with Crippen molar-refractivity contribution in [2.45, 2.75) is 20.3 Å². The summed E-state index contributed by atoms with van der Waals surface area (Å²) < 4.78 is 5.36. The van der Waals surface area contributed by atoms with Gasteiger partial charge >= 0.3 is 0 Å². The first-order valence-electron chi connectivity index (χ1n) is 7.21. The van der Waals surface area contributed by atoms with Crippen LogP contribution in [0.15, 0.2) is 48.5 Å². The number of benzene rings is 2. The molecule has 0 bridgehead atoms. The normalized spacial score (nSPS) is 10.1. The van der Waals surface area contributed by atoms with Crippen LogP contribution in [-0.4, -0.2) is 18.3 Å². The molecular formula is C18H19NO3. The molecular weight excluding hydrogens is 278 g/mol. The van der Waals surface area contributed by atoms with Gasteiger partial charge in [0.15, 0.2) is 5.78 Å². The molecule has 0 saturated heterocycles. The maximum absolute atomic E-state index is 12.0. The molecule has 114 valence electrons. The highest BCUT2D eigenvalue weighted by Crippen LogP contribution is 2.14. The van der Waals surface area contributed by atoms with E-state index in [1.54, 1.807) is 24.3 Å². The first kappa shape index (κ1) is 15.8. The topological polar surface area (TPSA) is 55.4 Å². The van der Waals surface area contributed by atoms with Gasteiger partial charge in [0, 0.05) is 11.3 Å². The Balaban J connectivity index is 1.97. The number of amides is 1. The Morgan fingerprint density at radius 1 is 1.09 bits per heavy atom. The minimum Gasteiger partial charge on any atom is -0.494 e. The molecule has 0 saturated carbocycles. The molecule has 4 nitrogen and oxygen atoms in total. The summed E-state index contributed by atoms with van der Waals surface area (Å²) in [4.78, 5) is 23.4. The van der Waals surface area contributed by atoms with Gasteiger partial charge in [-0.25, -0.2) is 0 Å². The van der Waals surface area contributed by atoms with E-state index < -0.39 is 0 Å². The van der Waals surface area contributed by atoms with E-state index in [0.717, 1.165) is 11.3 Å². The van der Waals surface area contributed by atoms with Crippen molar-refractivity contribution in [3.8, 4) is 5.75 Å². The smallest absolute Gasteiger partial charge is 0.228 e. The van der Waals surface area contributed by atoms with Gasteiger partial charge in [-0.15, -0.1) is 0 Å². The van der Waals surface area contributed by atoms with E-state index in [0.29, 0.717) is 17.9 Å². The molecule has 0 spiro atoms. The summed E-state index contributed by atoms with van der Waals surface area (Å²) in [5, 5.41) is 2.80. The molecule has 1 N–H and O–H groups in total. The molecule has 0 fully saturated rings. The van der Waals surface area contributed by atoms with Crippen LogP contribution in [0.3, 0.4) is 0 Å². The molecule has 0 heterocycles. The van der Waals surface area contributed by atoms with Gasteiger partial charge in [0.25, 0.3) is 0 Å². The number of hydrogen-bond donors (Lipinski definition) is 1. The molecule has 0 aliphatic carbocycles. The van der Waals surface area contributed by atoms with Crippen LogP contribution in [0.4, 0.5) is 5.69 Å². The molecule has 0 aliphatic rings. The maximum atomic E-state index is 12.0. The van der Waals surface area contributed by atoms with E-state index in [1.807, 2.05) is 31.2 Å². The third kappa shape index (κ3) is 4.45. The summed E-state index contributed by atoms with van der Waals surface area (Å²) in [6.07, 6.45) is 0.275. The van der Waals surface area contributed by atoms with E-state index in [4.69, 9.17) is 4.74 Å². The van der Waals surface area contributed by atoms with Gasteiger partial charge in [0.2, 0.25) is 5.91 Å². The average Bonchev–Trinajstić information content (AvgIpc) is 2.49. The Kier molecular flexibility index (Phi) is 5.31. The number of ketones is 1. The second kappa shape index (κ2) is 7.41. The number of nitrogens with one attached hydrogen (secondary N) is 1. The molecule has 0 aliphatic heterocycles. The number of Topliss-reactive ketones (excluding diaryl/α,β-unsaturated/α-hetero) is 1. The minimum absolute atomic E-state index is 0.0254. The lowest BCUT2D eigenvalue weighted by molar-refractivity contribution is -0.115. The summed E-state index contributed by atoms with van der Waals surface area (Å²) in [5.41, 5.74) is 2.12. The Morgan fingerprint density at radius 2 is 1.82 bits per heavy atom. The van der Waals surface area contributed by atoms with Gasteiger partial charge in [-0.2, -0.15) is 0 Å². The number of ether oxygens (including phenoxy) is 1. The fourth-order valence-corrected chi connectivity index (χ4v) is 2.08. The predicted octanol–water partition coefficient (Wildman–Crippen LogP) is 3.47. The highest BCUT2D eigenvalue weighted by Gasteiger charge is 2.06. The van der Waals surface area contributed by atoms with Gasteiger partial charge in [-0.3, -0.25) is 9.59 Å². The summed E-state index contributed by atoms with van der Waals surface area (Å²) in [6, 6.07) is 14.4. The standard InChI is InChI=1S/C18H19NO3/c1-3-22-17-9-7-14(8-10-17)11-18(21)19-16-6-4-5-15(12-16)13(2)20/h4-10,12H,3,11H2,1-2H3,(H,19,21). The first-order chi connectivity index (χ1) is 10.6. The molecule has 0 atom stereocenters. The maximum Gasteiger partial charge on any atom is 0.228 e. The van der Waals surface area contributed by atoms with Crippen molar-refractivity contribution in [3.63, 3.8) is 0 Å². The fraction of sp³-hybridized carbons (Fsp3) is 0.222.